The van der Waals surface area contributed by atoms with E-state index in [-0.39, 0.29) is 40.5 Å². The van der Waals surface area contributed by atoms with Crippen molar-refractivity contribution < 1.29 is 22.7 Å². The minimum absolute atomic E-state index is 0.000388. The minimum atomic E-state index is -4.28. The summed E-state index contributed by atoms with van der Waals surface area (Å²) in [6.07, 6.45) is 0.890. The molecular weight excluding hydrogens is 657 g/mol. The standard InChI is InChI=1S/C36H39Cl2N3O5S/c1-5-26(3)39-36(43)33(21-27-10-7-6-8-11-27)40(23-28-12-9-13-29(37)20-28)35(42)24-41(30-16-19-34(46-4)32(38)22-30)47(44,45)31-17-14-25(2)15-18-31/h6-20,22,26,33H,5,21,23-24H2,1-4H3,(H,39,43). The van der Waals surface area contributed by atoms with Gasteiger partial charge in [0.2, 0.25) is 11.8 Å². The van der Waals surface area contributed by atoms with Gasteiger partial charge in [0.05, 0.1) is 22.7 Å². The number of hydrogen-bond donors (Lipinski definition) is 1. The number of aryl methyl sites for hydroxylation is 1. The monoisotopic (exact) mass is 695 g/mol. The third kappa shape index (κ3) is 9.28. The number of nitrogens with one attached hydrogen (secondary N) is 1. The molecule has 0 heterocycles. The van der Waals surface area contributed by atoms with Crippen molar-refractivity contribution >= 4 is 50.7 Å². The van der Waals surface area contributed by atoms with Crippen molar-refractivity contribution in [3.05, 3.63) is 124 Å². The average molecular weight is 697 g/mol. The van der Waals surface area contributed by atoms with Crippen LogP contribution in [0.2, 0.25) is 10.0 Å². The Morgan fingerprint density at radius 2 is 1.57 bits per heavy atom. The molecule has 0 aliphatic carbocycles. The number of amides is 2. The summed E-state index contributed by atoms with van der Waals surface area (Å²) in [5, 5.41) is 3.67. The van der Waals surface area contributed by atoms with Crippen LogP contribution in [0.3, 0.4) is 0 Å². The number of benzene rings is 4. The molecule has 0 saturated carbocycles. The van der Waals surface area contributed by atoms with E-state index in [0.29, 0.717) is 22.8 Å². The van der Waals surface area contributed by atoms with E-state index in [9.17, 15) is 18.0 Å². The molecule has 11 heteroatoms. The van der Waals surface area contributed by atoms with Crippen LogP contribution in [0.1, 0.15) is 37.0 Å². The maximum absolute atomic E-state index is 14.6. The van der Waals surface area contributed by atoms with E-state index in [2.05, 4.69) is 5.32 Å². The molecule has 0 aliphatic heterocycles. The molecule has 2 amide bonds. The summed E-state index contributed by atoms with van der Waals surface area (Å²) in [5.41, 5.74) is 2.56. The van der Waals surface area contributed by atoms with Gasteiger partial charge >= 0.3 is 0 Å². The largest absolute Gasteiger partial charge is 0.495 e. The van der Waals surface area contributed by atoms with Gasteiger partial charge in [-0.05, 0) is 73.9 Å². The molecule has 4 aromatic carbocycles. The van der Waals surface area contributed by atoms with E-state index >= 15 is 0 Å². The number of methoxy groups -OCH3 is 1. The molecule has 0 aliphatic rings. The van der Waals surface area contributed by atoms with Crippen LogP contribution in [-0.2, 0) is 32.6 Å². The second-order valence-electron chi connectivity index (χ2n) is 11.3. The molecule has 4 aromatic rings. The first kappa shape index (κ1) is 35.8. The van der Waals surface area contributed by atoms with Crippen LogP contribution in [0.4, 0.5) is 5.69 Å². The first-order valence-electron chi connectivity index (χ1n) is 15.2. The fourth-order valence-electron chi connectivity index (χ4n) is 5.00. The molecule has 1 N–H and O–H groups in total. The third-order valence-electron chi connectivity index (χ3n) is 7.83. The van der Waals surface area contributed by atoms with Crippen LogP contribution >= 0.6 is 23.2 Å². The van der Waals surface area contributed by atoms with Gasteiger partial charge in [-0.25, -0.2) is 8.42 Å². The van der Waals surface area contributed by atoms with Crippen LogP contribution in [0, 0.1) is 6.92 Å². The second kappa shape index (κ2) is 16.2. The van der Waals surface area contributed by atoms with Gasteiger partial charge in [0.15, 0.2) is 0 Å². The summed E-state index contributed by atoms with van der Waals surface area (Å²) in [6.45, 7) is 5.10. The Labute approximate surface area is 287 Å². The molecule has 0 spiro atoms. The van der Waals surface area contributed by atoms with Gasteiger partial charge < -0.3 is 15.0 Å². The van der Waals surface area contributed by atoms with Gasteiger partial charge in [-0.2, -0.15) is 0 Å². The van der Waals surface area contributed by atoms with Gasteiger partial charge in [-0.3, -0.25) is 13.9 Å². The maximum atomic E-state index is 14.6. The predicted molar refractivity (Wildman–Crippen MR) is 188 cm³/mol. The van der Waals surface area contributed by atoms with Crippen LogP contribution in [-0.4, -0.2) is 50.9 Å². The highest BCUT2D eigenvalue weighted by Crippen LogP contribution is 2.32. The molecule has 0 saturated heterocycles. The summed E-state index contributed by atoms with van der Waals surface area (Å²) >= 11 is 12.8. The maximum Gasteiger partial charge on any atom is 0.264 e. The third-order valence-corrected chi connectivity index (χ3v) is 10.1. The van der Waals surface area contributed by atoms with Crippen molar-refractivity contribution in [1.29, 1.82) is 0 Å². The lowest BCUT2D eigenvalue weighted by molar-refractivity contribution is -0.140. The number of carbonyl (C=O) groups excluding carboxylic acids is 2. The van der Waals surface area contributed by atoms with Crippen LogP contribution < -0.4 is 14.4 Å². The highest BCUT2D eigenvalue weighted by Gasteiger charge is 2.35. The summed E-state index contributed by atoms with van der Waals surface area (Å²) < 4.78 is 34.8. The smallest absolute Gasteiger partial charge is 0.264 e. The van der Waals surface area contributed by atoms with Gasteiger partial charge in [0.25, 0.3) is 10.0 Å². The zero-order valence-corrected chi connectivity index (χ0v) is 29.1. The van der Waals surface area contributed by atoms with Crippen molar-refractivity contribution in [3.63, 3.8) is 0 Å². The molecule has 8 nitrogen and oxygen atoms in total. The summed E-state index contributed by atoms with van der Waals surface area (Å²) in [5.74, 6) is -0.589. The van der Waals surface area contributed by atoms with Crippen molar-refractivity contribution in [2.45, 2.75) is 57.1 Å². The number of carbonyl (C=O) groups is 2. The molecule has 2 atom stereocenters. The number of sulfonamides is 1. The number of hydrogen-bond acceptors (Lipinski definition) is 5. The van der Waals surface area contributed by atoms with E-state index in [4.69, 9.17) is 27.9 Å². The van der Waals surface area contributed by atoms with Crippen molar-refractivity contribution in [3.8, 4) is 5.75 Å². The Kier molecular flexibility index (Phi) is 12.3. The number of anilines is 1. The first-order valence-corrected chi connectivity index (χ1v) is 17.4. The molecule has 248 valence electrons. The molecule has 2 unspecified atom stereocenters. The molecular formula is C36H39Cl2N3O5S. The molecule has 0 aromatic heterocycles. The lowest BCUT2D eigenvalue weighted by Crippen LogP contribution is -2.54. The first-order chi connectivity index (χ1) is 22.4. The summed E-state index contributed by atoms with van der Waals surface area (Å²) in [6, 6.07) is 26.2. The van der Waals surface area contributed by atoms with E-state index in [1.54, 1.807) is 36.4 Å². The van der Waals surface area contributed by atoms with Crippen LogP contribution in [0.15, 0.2) is 102 Å². The highest BCUT2D eigenvalue weighted by molar-refractivity contribution is 7.92. The van der Waals surface area contributed by atoms with Gasteiger partial charge in [-0.15, -0.1) is 0 Å². The fourth-order valence-corrected chi connectivity index (χ4v) is 6.87. The van der Waals surface area contributed by atoms with Crippen molar-refractivity contribution in [1.82, 2.24) is 10.2 Å². The lowest BCUT2D eigenvalue weighted by atomic mass is 10.0. The average Bonchev–Trinajstić information content (AvgIpc) is 3.05. The molecule has 0 bridgehead atoms. The normalized spacial score (nSPS) is 12.6. The molecule has 0 fully saturated rings. The SMILES string of the molecule is CCC(C)NC(=O)C(Cc1ccccc1)N(Cc1cccc(Cl)c1)C(=O)CN(c1ccc(OC)c(Cl)c1)S(=O)(=O)c1ccc(C)cc1. The Morgan fingerprint density at radius 1 is 0.894 bits per heavy atom. The molecule has 0 radical (unpaired) electrons. The Hall–Kier alpha value is -4.05. The topological polar surface area (TPSA) is 96.0 Å². The number of ether oxygens (including phenoxy) is 1. The van der Waals surface area contributed by atoms with E-state index in [1.807, 2.05) is 57.2 Å². The van der Waals surface area contributed by atoms with E-state index in [1.165, 1.54) is 36.3 Å². The van der Waals surface area contributed by atoms with Crippen molar-refractivity contribution in [2.24, 2.45) is 0 Å². The molecule has 47 heavy (non-hydrogen) atoms. The zero-order valence-electron chi connectivity index (χ0n) is 26.8. The lowest BCUT2D eigenvalue weighted by Gasteiger charge is -2.34. The number of halogens is 2. The summed E-state index contributed by atoms with van der Waals surface area (Å²) in [4.78, 5) is 30.0. The van der Waals surface area contributed by atoms with Crippen LogP contribution in [0.25, 0.3) is 0 Å². The van der Waals surface area contributed by atoms with Crippen molar-refractivity contribution in [2.75, 3.05) is 18.0 Å². The number of rotatable bonds is 14. The summed E-state index contributed by atoms with van der Waals surface area (Å²) in [7, 11) is -2.82. The number of nitrogens with zero attached hydrogens (tertiary/aromatic N) is 2. The highest BCUT2D eigenvalue weighted by atomic mass is 35.5. The Morgan fingerprint density at radius 3 is 2.19 bits per heavy atom. The molecule has 4 rings (SSSR count). The van der Waals surface area contributed by atoms with Gasteiger partial charge in [0.1, 0.15) is 18.3 Å². The zero-order chi connectivity index (χ0) is 34.1. The quantitative estimate of drug-likeness (QED) is 0.152. The van der Waals surface area contributed by atoms with E-state index < -0.39 is 28.5 Å². The minimum Gasteiger partial charge on any atom is -0.495 e. The Balaban J connectivity index is 1.83. The van der Waals surface area contributed by atoms with E-state index in [0.717, 1.165) is 15.4 Å². The Bertz CT molecular complexity index is 1790. The fraction of sp³-hybridized carbons (Fsp3) is 0.278. The van der Waals surface area contributed by atoms with Crippen LogP contribution in [0.5, 0.6) is 5.75 Å². The second-order valence-corrected chi connectivity index (χ2v) is 14.0. The van der Waals surface area contributed by atoms with Gasteiger partial charge in [-0.1, -0.05) is 90.3 Å². The van der Waals surface area contributed by atoms with Gasteiger partial charge in [0, 0.05) is 24.0 Å². The predicted octanol–water partition coefficient (Wildman–Crippen LogP) is 7.06.